The number of hydrogen-bond acceptors (Lipinski definition) is 3. The summed E-state index contributed by atoms with van der Waals surface area (Å²) in [5.41, 5.74) is 0.0409. The smallest absolute Gasteiger partial charge is 0.313 e. The minimum atomic E-state index is -0.149. The molecule has 18 heavy (non-hydrogen) atoms. The summed E-state index contributed by atoms with van der Waals surface area (Å²) in [6.45, 7) is 18.1. The van der Waals surface area contributed by atoms with Crippen molar-refractivity contribution < 1.29 is 9.53 Å². The molecule has 1 aliphatic rings. The molecular formula is C15H27NO2. The van der Waals surface area contributed by atoms with E-state index in [0.717, 1.165) is 12.8 Å². The van der Waals surface area contributed by atoms with Crippen LogP contribution in [0.2, 0.25) is 0 Å². The summed E-state index contributed by atoms with van der Waals surface area (Å²) >= 11 is 0. The van der Waals surface area contributed by atoms with Gasteiger partial charge in [0.05, 0.1) is 12.2 Å². The molecule has 0 atom stereocenters. The standard InChI is InChI=1S/C13H23NO2.C2H4/c1-7-16-11(15)10-8-12(2,3)14(6)13(4,5)9-10;1-2/h7,10H,1,8-9H2,2-6H3;1-2H2. The molecule has 0 radical (unpaired) electrons. The van der Waals surface area contributed by atoms with Crippen LogP contribution in [0.4, 0.5) is 0 Å². The Kier molecular flexibility index (Phi) is 5.81. The summed E-state index contributed by atoms with van der Waals surface area (Å²) in [6.07, 6.45) is 2.89. The Balaban J connectivity index is 0.00000137. The number of esters is 1. The number of ether oxygens (including phenoxy) is 1. The molecule has 0 aromatic rings. The lowest BCUT2D eigenvalue weighted by molar-refractivity contribution is -0.150. The zero-order valence-electron chi connectivity index (χ0n) is 12.5. The maximum absolute atomic E-state index is 11.8. The quantitative estimate of drug-likeness (QED) is 0.429. The maximum Gasteiger partial charge on any atom is 0.313 e. The third kappa shape index (κ3) is 3.70. The van der Waals surface area contributed by atoms with Crippen LogP contribution in [0.15, 0.2) is 26.0 Å². The zero-order chi connectivity index (χ0) is 14.6. The molecule has 0 aliphatic carbocycles. The van der Waals surface area contributed by atoms with E-state index in [1.807, 2.05) is 0 Å². The van der Waals surface area contributed by atoms with E-state index in [2.05, 4.69) is 59.4 Å². The second-order valence-corrected chi connectivity index (χ2v) is 5.89. The Morgan fingerprint density at radius 2 is 1.61 bits per heavy atom. The molecule has 0 unspecified atom stereocenters. The summed E-state index contributed by atoms with van der Waals surface area (Å²) in [5.74, 6) is -0.177. The molecule has 3 heteroatoms. The minimum absolute atomic E-state index is 0.0204. The molecule has 1 fully saturated rings. The van der Waals surface area contributed by atoms with Gasteiger partial charge in [-0.2, -0.15) is 0 Å². The van der Waals surface area contributed by atoms with Gasteiger partial charge in [-0.1, -0.05) is 6.58 Å². The van der Waals surface area contributed by atoms with Gasteiger partial charge in [0.2, 0.25) is 0 Å². The Bertz CT molecular complexity index is 290. The molecule has 1 heterocycles. The number of hydrogen-bond donors (Lipinski definition) is 0. The second-order valence-electron chi connectivity index (χ2n) is 5.89. The highest BCUT2D eigenvalue weighted by molar-refractivity contribution is 5.73. The van der Waals surface area contributed by atoms with Gasteiger partial charge in [0.25, 0.3) is 0 Å². The first kappa shape index (κ1) is 16.9. The first-order valence-electron chi connectivity index (χ1n) is 6.26. The lowest BCUT2D eigenvalue weighted by Crippen LogP contribution is -2.59. The van der Waals surface area contributed by atoms with Gasteiger partial charge in [-0.3, -0.25) is 9.69 Å². The van der Waals surface area contributed by atoms with Crippen molar-refractivity contribution in [2.75, 3.05) is 7.05 Å². The minimum Gasteiger partial charge on any atom is -0.435 e. The Morgan fingerprint density at radius 1 is 1.22 bits per heavy atom. The van der Waals surface area contributed by atoms with E-state index in [0.29, 0.717) is 0 Å². The van der Waals surface area contributed by atoms with E-state index in [9.17, 15) is 4.79 Å². The highest BCUT2D eigenvalue weighted by atomic mass is 16.5. The Morgan fingerprint density at radius 3 is 1.94 bits per heavy atom. The molecule has 0 saturated carbocycles. The molecule has 1 saturated heterocycles. The van der Waals surface area contributed by atoms with Crippen molar-refractivity contribution in [1.29, 1.82) is 0 Å². The Labute approximate surface area is 112 Å². The number of likely N-dealkylation sites (tertiary alicyclic amines) is 1. The summed E-state index contributed by atoms with van der Waals surface area (Å²) in [4.78, 5) is 14.1. The first-order chi connectivity index (χ1) is 8.20. The Hall–Kier alpha value is -1.09. The van der Waals surface area contributed by atoms with E-state index < -0.39 is 0 Å². The summed E-state index contributed by atoms with van der Waals surface area (Å²) in [7, 11) is 2.12. The van der Waals surface area contributed by atoms with Gasteiger partial charge < -0.3 is 4.74 Å². The third-order valence-electron chi connectivity index (χ3n) is 3.84. The molecule has 3 nitrogen and oxygen atoms in total. The van der Waals surface area contributed by atoms with Crippen molar-refractivity contribution >= 4 is 5.97 Å². The largest absolute Gasteiger partial charge is 0.435 e. The van der Waals surface area contributed by atoms with Crippen LogP contribution >= 0.6 is 0 Å². The third-order valence-corrected chi connectivity index (χ3v) is 3.84. The molecule has 0 bridgehead atoms. The fraction of sp³-hybridized carbons (Fsp3) is 0.667. The van der Waals surface area contributed by atoms with E-state index in [1.54, 1.807) is 0 Å². The molecule has 104 valence electrons. The van der Waals surface area contributed by atoms with Crippen LogP contribution < -0.4 is 0 Å². The van der Waals surface area contributed by atoms with E-state index in [4.69, 9.17) is 4.74 Å². The molecular weight excluding hydrogens is 226 g/mol. The highest BCUT2D eigenvalue weighted by Gasteiger charge is 2.45. The molecule has 0 N–H and O–H groups in total. The van der Waals surface area contributed by atoms with Crippen molar-refractivity contribution in [3.05, 3.63) is 26.0 Å². The van der Waals surface area contributed by atoms with Crippen LogP contribution in [0.5, 0.6) is 0 Å². The van der Waals surface area contributed by atoms with Crippen molar-refractivity contribution in [3.63, 3.8) is 0 Å². The molecule has 1 aliphatic heterocycles. The molecule has 0 amide bonds. The summed E-state index contributed by atoms with van der Waals surface area (Å²) < 4.78 is 4.91. The monoisotopic (exact) mass is 253 g/mol. The number of nitrogens with zero attached hydrogens (tertiary/aromatic N) is 1. The van der Waals surface area contributed by atoms with Crippen molar-refractivity contribution in [3.8, 4) is 0 Å². The lowest BCUT2D eigenvalue weighted by atomic mass is 9.74. The molecule has 0 aromatic heterocycles. The summed E-state index contributed by atoms with van der Waals surface area (Å²) in [5, 5.41) is 0. The summed E-state index contributed by atoms with van der Waals surface area (Å²) in [6, 6.07) is 0. The average molecular weight is 253 g/mol. The first-order valence-corrected chi connectivity index (χ1v) is 6.26. The average Bonchev–Trinajstić information content (AvgIpc) is 2.28. The number of piperidine rings is 1. The van der Waals surface area contributed by atoms with Gasteiger partial charge in [-0.05, 0) is 47.6 Å². The lowest BCUT2D eigenvalue weighted by Gasteiger charge is -2.53. The fourth-order valence-corrected chi connectivity index (χ4v) is 2.72. The normalized spacial score (nSPS) is 22.5. The van der Waals surface area contributed by atoms with Crippen LogP contribution in [0.25, 0.3) is 0 Å². The van der Waals surface area contributed by atoms with E-state index in [-0.39, 0.29) is 23.0 Å². The van der Waals surface area contributed by atoms with Gasteiger partial charge >= 0.3 is 5.97 Å². The van der Waals surface area contributed by atoms with Crippen molar-refractivity contribution in [1.82, 2.24) is 4.90 Å². The number of carbonyl (C=O) groups is 1. The predicted octanol–water partition coefficient (Wildman–Crippen LogP) is 3.37. The van der Waals surface area contributed by atoms with Crippen LogP contribution in [-0.2, 0) is 9.53 Å². The van der Waals surface area contributed by atoms with E-state index in [1.165, 1.54) is 6.26 Å². The van der Waals surface area contributed by atoms with E-state index >= 15 is 0 Å². The molecule has 0 spiro atoms. The van der Waals surface area contributed by atoms with Crippen LogP contribution in [0, 0.1) is 5.92 Å². The number of rotatable bonds is 2. The molecule has 1 rings (SSSR count). The predicted molar refractivity (Wildman–Crippen MR) is 76.2 cm³/mol. The maximum atomic E-state index is 11.8. The van der Waals surface area contributed by atoms with Crippen LogP contribution in [-0.4, -0.2) is 29.0 Å². The second kappa shape index (κ2) is 6.19. The van der Waals surface area contributed by atoms with Gasteiger partial charge in [0.15, 0.2) is 0 Å². The van der Waals surface area contributed by atoms with Crippen molar-refractivity contribution in [2.24, 2.45) is 5.92 Å². The van der Waals surface area contributed by atoms with Gasteiger partial charge in [0, 0.05) is 11.1 Å². The zero-order valence-corrected chi connectivity index (χ0v) is 12.5. The van der Waals surface area contributed by atoms with Crippen LogP contribution in [0.1, 0.15) is 40.5 Å². The van der Waals surface area contributed by atoms with Gasteiger partial charge in [-0.25, -0.2) is 0 Å². The van der Waals surface area contributed by atoms with Gasteiger partial charge in [0.1, 0.15) is 0 Å². The number of carbonyl (C=O) groups excluding carboxylic acids is 1. The highest BCUT2D eigenvalue weighted by Crippen LogP contribution is 2.40. The van der Waals surface area contributed by atoms with Gasteiger partial charge in [-0.15, -0.1) is 13.2 Å². The van der Waals surface area contributed by atoms with Crippen LogP contribution in [0.3, 0.4) is 0 Å². The topological polar surface area (TPSA) is 29.5 Å². The SMILES string of the molecule is C=C.C=COC(=O)C1CC(C)(C)N(C)C(C)(C)C1. The fourth-order valence-electron chi connectivity index (χ4n) is 2.72. The molecule has 0 aromatic carbocycles. The van der Waals surface area contributed by atoms with Crippen molar-refractivity contribution in [2.45, 2.75) is 51.6 Å².